The smallest absolute Gasteiger partial charge is 0.178 e. The minimum Gasteiger partial charge on any atom is -0.200 e. The van der Waals surface area contributed by atoms with Gasteiger partial charge in [0.25, 0.3) is 0 Å². The maximum absolute atomic E-state index is 2.34. The predicted octanol–water partition coefficient (Wildman–Crippen LogP) is 6.07. The highest BCUT2D eigenvalue weighted by Gasteiger charge is 2.37. The summed E-state index contributed by atoms with van der Waals surface area (Å²) >= 11 is 1.97. The summed E-state index contributed by atoms with van der Waals surface area (Å²) in [4.78, 5) is 1.38. The van der Waals surface area contributed by atoms with E-state index in [4.69, 9.17) is 0 Å². The van der Waals surface area contributed by atoms with Crippen molar-refractivity contribution in [3.05, 3.63) is 125 Å². The Morgan fingerprint density at radius 1 is 0.741 bits per heavy atom. The minimum atomic E-state index is 0.355. The first-order valence-corrected chi connectivity index (χ1v) is 10.1. The van der Waals surface area contributed by atoms with Crippen LogP contribution in [0, 0.1) is 0 Å². The van der Waals surface area contributed by atoms with Crippen LogP contribution in [0.3, 0.4) is 0 Å². The molecule has 2 aliphatic heterocycles. The van der Waals surface area contributed by atoms with E-state index in [1.54, 1.807) is 0 Å². The van der Waals surface area contributed by atoms with Crippen molar-refractivity contribution in [1.29, 1.82) is 0 Å². The summed E-state index contributed by atoms with van der Waals surface area (Å²) in [5, 5.41) is 0.355. The number of fused-ring (bicyclic) bond motifs is 1. The van der Waals surface area contributed by atoms with Crippen LogP contribution in [0.4, 0.5) is 0 Å². The van der Waals surface area contributed by atoms with Gasteiger partial charge in [0.15, 0.2) is 19.0 Å². The summed E-state index contributed by atoms with van der Waals surface area (Å²) in [5.74, 6) is 0. The first kappa shape index (κ1) is 16.3. The average molecular weight is 367 g/mol. The van der Waals surface area contributed by atoms with Gasteiger partial charge in [0.05, 0.1) is 10.8 Å². The molecule has 27 heavy (non-hydrogen) atoms. The van der Waals surface area contributed by atoms with E-state index in [9.17, 15) is 0 Å². The summed E-state index contributed by atoms with van der Waals surface area (Å²) in [6.07, 6.45) is 4.66. The third kappa shape index (κ3) is 3.17. The zero-order valence-corrected chi connectivity index (χ0v) is 15.8. The molecule has 0 spiro atoms. The van der Waals surface area contributed by atoms with Gasteiger partial charge in [-0.2, -0.15) is 4.58 Å². The van der Waals surface area contributed by atoms with E-state index in [1.165, 1.54) is 32.7 Å². The Hall–Kier alpha value is -2.84. The van der Waals surface area contributed by atoms with Crippen molar-refractivity contribution in [2.24, 2.45) is 0 Å². The second-order valence-electron chi connectivity index (χ2n) is 6.89. The van der Waals surface area contributed by atoms with Crippen molar-refractivity contribution in [2.75, 3.05) is 0 Å². The molecule has 3 aromatic carbocycles. The molecule has 2 heteroatoms. The van der Waals surface area contributed by atoms with Gasteiger partial charge in [-0.15, -0.1) is 11.8 Å². The van der Waals surface area contributed by atoms with E-state index in [1.807, 2.05) is 11.8 Å². The fourth-order valence-electron chi connectivity index (χ4n) is 3.74. The summed E-state index contributed by atoms with van der Waals surface area (Å²) in [6.45, 7) is 0.905. The summed E-state index contributed by atoms with van der Waals surface area (Å²) in [7, 11) is 0. The zero-order valence-electron chi connectivity index (χ0n) is 15.0. The van der Waals surface area contributed by atoms with Gasteiger partial charge in [0, 0.05) is 16.0 Å². The Balaban J connectivity index is 1.56. The normalized spacial score (nSPS) is 18.3. The van der Waals surface area contributed by atoms with Crippen molar-refractivity contribution in [3.8, 4) is 0 Å². The molecule has 0 amide bonds. The topological polar surface area (TPSA) is 3.01 Å². The van der Waals surface area contributed by atoms with Crippen molar-refractivity contribution in [3.63, 3.8) is 0 Å². The Bertz CT molecular complexity index is 1050. The van der Waals surface area contributed by atoms with Gasteiger partial charge in [0.1, 0.15) is 0 Å². The molecule has 0 N–H and O–H groups in total. The largest absolute Gasteiger partial charge is 0.200 e. The fourth-order valence-corrected chi connectivity index (χ4v) is 5.16. The number of nitrogens with zero attached hydrogens (tertiary/aromatic N) is 1. The molecule has 3 aromatic rings. The molecule has 1 unspecified atom stereocenters. The molecule has 2 aliphatic rings. The van der Waals surface area contributed by atoms with E-state index in [-0.39, 0.29) is 0 Å². The molecule has 0 radical (unpaired) electrons. The van der Waals surface area contributed by atoms with Crippen LogP contribution >= 0.6 is 11.8 Å². The lowest BCUT2D eigenvalue weighted by atomic mass is 9.99. The lowest BCUT2D eigenvalue weighted by Crippen LogP contribution is -2.03. The Kier molecular flexibility index (Phi) is 4.27. The lowest BCUT2D eigenvalue weighted by molar-refractivity contribution is -0.466. The third-order valence-electron chi connectivity index (χ3n) is 5.02. The van der Waals surface area contributed by atoms with E-state index in [0.29, 0.717) is 5.25 Å². The quantitative estimate of drug-likeness (QED) is 0.507. The lowest BCUT2D eigenvalue weighted by Gasteiger charge is -2.11. The van der Waals surface area contributed by atoms with Crippen molar-refractivity contribution in [2.45, 2.75) is 11.8 Å². The molecular formula is C25H20NS+. The molecule has 0 bridgehead atoms. The molecule has 1 nitrogen and oxygen atoms in total. The number of hydrogen-bond donors (Lipinski definition) is 0. The zero-order chi connectivity index (χ0) is 18.1. The van der Waals surface area contributed by atoms with E-state index < -0.39 is 0 Å². The fraction of sp³-hybridized carbons (Fsp3) is 0.0800. The van der Waals surface area contributed by atoms with Gasteiger partial charge in [-0.25, -0.2) is 0 Å². The first-order chi connectivity index (χ1) is 13.4. The van der Waals surface area contributed by atoms with Gasteiger partial charge in [-0.1, -0.05) is 91.0 Å². The molecule has 1 atom stereocenters. The van der Waals surface area contributed by atoms with Gasteiger partial charge in [0.2, 0.25) is 0 Å². The van der Waals surface area contributed by atoms with Crippen LogP contribution in [0.2, 0.25) is 0 Å². The average Bonchev–Trinajstić information content (AvgIpc) is 3.29. The van der Waals surface area contributed by atoms with Gasteiger partial charge < -0.3 is 0 Å². The molecule has 0 aromatic heterocycles. The molecule has 0 aliphatic carbocycles. The second kappa shape index (κ2) is 7.05. The van der Waals surface area contributed by atoms with Gasteiger partial charge in [-0.05, 0) is 11.1 Å². The van der Waals surface area contributed by atoms with Crippen molar-refractivity contribution < 1.29 is 4.58 Å². The maximum Gasteiger partial charge on any atom is 0.178 e. The van der Waals surface area contributed by atoms with Crippen LogP contribution in [-0.2, 0) is 6.54 Å². The second-order valence-corrected chi connectivity index (χ2v) is 8.00. The number of thioether (sulfide) groups is 1. The Morgan fingerprint density at radius 3 is 2.07 bits per heavy atom. The molecule has 5 rings (SSSR count). The molecule has 0 fully saturated rings. The van der Waals surface area contributed by atoms with Crippen LogP contribution in [0.15, 0.2) is 108 Å². The molecule has 0 saturated carbocycles. The molecule has 130 valence electrons. The molecule has 2 heterocycles. The standard InChI is InChI=1S/C25H20NS/c1-4-10-19(11-5-1)16-26-17-22-23(18-26)25(21-14-8-3-9-15-21)27-24(22)20-12-6-2-7-13-20/h1-15,17-18,24H,16H2/q+1. The van der Waals surface area contributed by atoms with E-state index >= 15 is 0 Å². The van der Waals surface area contributed by atoms with E-state index in [2.05, 4.69) is 108 Å². The van der Waals surface area contributed by atoms with Crippen LogP contribution in [-0.4, -0.2) is 10.8 Å². The number of allylic oxidation sites excluding steroid dienone is 1. The number of rotatable bonds is 4. The third-order valence-corrected chi connectivity index (χ3v) is 6.47. The van der Waals surface area contributed by atoms with Crippen LogP contribution in [0.25, 0.3) is 4.91 Å². The number of benzene rings is 3. The van der Waals surface area contributed by atoms with Crippen LogP contribution in [0.5, 0.6) is 0 Å². The summed E-state index contributed by atoms with van der Waals surface area (Å²) in [6, 6.07) is 32.3. The molecule has 0 saturated heterocycles. The van der Waals surface area contributed by atoms with Gasteiger partial charge >= 0.3 is 0 Å². The highest BCUT2D eigenvalue weighted by molar-refractivity contribution is 8.09. The van der Waals surface area contributed by atoms with Crippen LogP contribution in [0.1, 0.15) is 21.9 Å². The van der Waals surface area contributed by atoms with Gasteiger partial charge in [-0.3, -0.25) is 0 Å². The SMILES string of the molecule is C1=C2C(=C(c3ccccc3)SC2c2ccccc2)C=[N+]1Cc1ccccc1. The minimum absolute atomic E-state index is 0.355. The first-order valence-electron chi connectivity index (χ1n) is 9.26. The number of hydrogen-bond acceptors (Lipinski definition) is 1. The van der Waals surface area contributed by atoms with Crippen LogP contribution < -0.4 is 0 Å². The summed E-state index contributed by atoms with van der Waals surface area (Å²) in [5.41, 5.74) is 6.79. The van der Waals surface area contributed by atoms with Crippen molar-refractivity contribution in [1.82, 2.24) is 0 Å². The highest BCUT2D eigenvalue weighted by Crippen LogP contribution is 2.55. The maximum atomic E-state index is 2.34. The predicted molar refractivity (Wildman–Crippen MR) is 115 cm³/mol. The monoisotopic (exact) mass is 366 g/mol. The van der Waals surface area contributed by atoms with E-state index in [0.717, 1.165) is 6.54 Å². The summed E-state index contributed by atoms with van der Waals surface area (Å²) < 4.78 is 2.33. The Morgan fingerprint density at radius 2 is 1.37 bits per heavy atom. The Labute approximate surface area is 164 Å². The molecular weight excluding hydrogens is 346 g/mol. The van der Waals surface area contributed by atoms with Crippen molar-refractivity contribution >= 4 is 22.9 Å². The highest BCUT2D eigenvalue weighted by atomic mass is 32.2.